The summed E-state index contributed by atoms with van der Waals surface area (Å²) in [4.78, 5) is 19.3. The van der Waals surface area contributed by atoms with E-state index in [1.54, 1.807) is 6.20 Å². The van der Waals surface area contributed by atoms with Crippen LogP contribution in [0.4, 0.5) is 0 Å². The van der Waals surface area contributed by atoms with Crippen LogP contribution >= 0.6 is 0 Å². The van der Waals surface area contributed by atoms with E-state index in [0.29, 0.717) is 0 Å². The van der Waals surface area contributed by atoms with Gasteiger partial charge in [-0.3, -0.25) is 9.78 Å². The molecular weight excluding hydrogens is 274 g/mol. The number of pyridine rings is 1. The lowest BCUT2D eigenvalue weighted by Gasteiger charge is -2.34. The van der Waals surface area contributed by atoms with Gasteiger partial charge in [0.05, 0.1) is 5.69 Å². The first-order valence-electron chi connectivity index (χ1n) is 7.71. The molecule has 2 aromatic rings. The molecule has 22 heavy (non-hydrogen) atoms. The van der Waals surface area contributed by atoms with Crippen LogP contribution < -0.4 is 5.32 Å². The number of piperazine rings is 1. The Labute approximate surface area is 131 Å². The van der Waals surface area contributed by atoms with Gasteiger partial charge in [0.2, 0.25) is 0 Å². The van der Waals surface area contributed by atoms with E-state index in [2.05, 4.69) is 17.2 Å². The van der Waals surface area contributed by atoms with Gasteiger partial charge in [-0.15, -0.1) is 0 Å². The molecule has 1 atom stereocenters. The van der Waals surface area contributed by atoms with Crippen LogP contribution in [0.15, 0.2) is 42.6 Å². The monoisotopic (exact) mass is 295 g/mol. The molecule has 4 heteroatoms. The van der Waals surface area contributed by atoms with Gasteiger partial charge in [0.15, 0.2) is 0 Å². The summed E-state index contributed by atoms with van der Waals surface area (Å²) in [6.07, 6.45) is 1.78. The molecule has 0 bridgehead atoms. The van der Waals surface area contributed by atoms with Crippen molar-refractivity contribution < 1.29 is 4.79 Å². The number of nitrogens with zero attached hydrogens (tertiary/aromatic N) is 2. The number of benzene rings is 1. The molecule has 1 amide bonds. The summed E-state index contributed by atoms with van der Waals surface area (Å²) >= 11 is 0. The summed E-state index contributed by atoms with van der Waals surface area (Å²) in [6.45, 7) is 6.55. The molecule has 114 valence electrons. The van der Waals surface area contributed by atoms with Crippen molar-refractivity contribution in [2.75, 3.05) is 19.6 Å². The molecule has 4 nitrogen and oxygen atoms in total. The van der Waals surface area contributed by atoms with Crippen LogP contribution in [0.25, 0.3) is 11.3 Å². The maximum Gasteiger partial charge on any atom is 0.254 e. The molecule has 1 N–H and O–H groups in total. The van der Waals surface area contributed by atoms with Crippen molar-refractivity contribution in [3.63, 3.8) is 0 Å². The molecule has 1 aliphatic heterocycles. The standard InChI is InChI=1S/C18H21N3O/c1-13-12-19-10-11-21(13)18(22)16-7-5-6-15(14(16)2)17-8-3-4-9-20-17/h3-9,13,19H,10-12H2,1-2H3/t13-/m1/s1. The van der Waals surface area contributed by atoms with Crippen LogP contribution in [0.2, 0.25) is 0 Å². The van der Waals surface area contributed by atoms with E-state index < -0.39 is 0 Å². The van der Waals surface area contributed by atoms with E-state index >= 15 is 0 Å². The van der Waals surface area contributed by atoms with Gasteiger partial charge >= 0.3 is 0 Å². The molecule has 1 aromatic heterocycles. The van der Waals surface area contributed by atoms with Gasteiger partial charge < -0.3 is 10.2 Å². The van der Waals surface area contributed by atoms with E-state index in [0.717, 1.165) is 42.0 Å². The molecule has 1 aliphatic rings. The summed E-state index contributed by atoms with van der Waals surface area (Å²) in [5.41, 5.74) is 3.70. The highest BCUT2D eigenvalue weighted by atomic mass is 16.2. The van der Waals surface area contributed by atoms with Crippen LogP contribution in [0.3, 0.4) is 0 Å². The maximum atomic E-state index is 12.9. The lowest BCUT2D eigenvalue weighted by atomic mass is 9.98. The van der Waals surface area contributed by atoms with Gasteiger partial charge in [0.1, 0.15) is 0 Å². The third-order valence-electron chi connectivity index (χ3n) is 4.27. The molecule has 0 aliphatic carbocycles. The average molecular weight is 295 g/mol. The summed E-state index contributed by atoms with van der Waals surface area (Å²) in [5.74, 6) is 0.115. The van der Waals surface area contributed by atoms with Gasteiger partial charge in [-0.1, -0.05) is 18.2 Å². The predicted molar refractivity (Wildman–Crippen MR) is 87.8 cm³/mol. The van der Waals surface area contributed by atoms with Crippen molar-refractivity contribution in [3.05, 3.63) is 53.7 Å². The highest BCUT2D eigenvalue weighted by Gasteiger charge is 2.25. The van der Waals surface area contributed by atoms with Crippen LogP contribution in [-0.2, 0) is 0 Å². The van der Waals surface area contributed by atoms with E-state index in [9.17, 15) is 4.79 Å². The lowest BCUT2D eigenvalue weighted by molar-refractivity contribution is 0.0655. The molecule has 0 radical (unpaired) electrons. The third kappa shape index (κ3) is 2.74. The van der Waals surface area contributed by atoms with Gasteiger partial charge in [-0.05, 0) is 37.6 Å². The number of aromatic nitrogens is 1. The second-order valence-corrected chi connectivity index (χ2v) is 5.74. The Kier molecular flexibility index (Phi) is 4.20. The minimum absolute atomic E-state index is 0.115. The third-order valence-corrected chi connectivity index (χ3v) is 4.27. The van der Waals surface area contributed by atoms with Crippen molar-refractivity contribution in [1.82, 2.24) is 15.2 Å². The summed E-state index contributed by atoms with van der Waals surface area (Å²) in [7, 11) is 0. The number of carbonyl (C=O) groups excluding carboxylic acids is 1. The number of carbonyl (C=O) groups is 1. The second-order valence-electron chi connectivity index (χ2n) is 5.74. The van der Waals surface area contributed by atoms with E-state index in [-0.39, 0.29) is 11.9 Å². The summed E-state index contributed by atoms with van der Waals surface area (Å²) < 4.78 is 0. The van der Waals surface area contributed by atoms with Crippen LogP contribution in [0.5, 0.6) is 0 Å². The number of hydrogen-bond donors (Lipinski definition) is 1. The smallest absolute Gasteiger partial charge is 0.254 e. The first kappa shape index (κ1) is 14.7. The molecule has 1 saturated heterocycles. The average Bonchev–Trinajstić information content (AvgIpc) is 2.56. The minimum Gasteiger partial charge on any atom is -0.333 e. The molecular formula is C18H21N3O. The van der Waals surface area contributed by atoms with Crippen molar-refractivity contribution in [2.24, 2.45) is 0 Å². The van der Waals surface area contributed by atoms with E-state index in [4.69, 9.17) is 0 Å². The fourth-order valence-corrected chi connectivity index (χ4v) is 2.96. The molecule has 3 rings (SSSR count). The normalized spacial score (nSPS) is 18.3. The minimum atomic E-state index is 0.115. The Hall–Kier alpha value is -2.20. The Bertz CT molecular complexity index is 669. The summed E-state index contributed by atoms with van der Waals surface area (Å²) in [5, 5.41) is 3.32. The number of hydrogen-bond acceptors (Lipinski definition) is 3. The zero-order valence-electron chi connectivity index (χ0n) is 13.0. The SMILES string of the molecule is Cc1c(C(=O)N2CCNC[C@H]2C)cccc1-c1ccccn1. The van der Waals surface area contributed by atoms with Gasteiger partial charge in [-0.25, -0.2) is 0 Å². The van der Waals surface area contributed by atoms with E-state index in [1.807, 2.05) is 48.2 Å². The van der Waals surface area contributed by atoms with Crippen molar-refractivity contribution in [1.29, 1.82) is 0 Å². The van der Waals surface area contributed by atoms with Crippen molar-refractivity contribution in [2.45, 2.75) is 19.9 Å². The molecule has 1 fully saturated rings. The number of rotatable bonds is 2. The highest BCUT2D eigenvalue weighted by molar-refractivity contribution is 5.97. The first-order chi connectivity index (χ1) is 10.7. The first-order valence-corrected chi connectivity index (χ1v) is 7.71. The van der Waals surface area contributed by atoms with Crippen LogP contribution in [0, 0.1) is 6.92 Å². The zero-order chi connectivity index (χ0) is 15.5. The molecule has 2 heterocycles. The Morgan fingerprint density at radius 3 is 2.86 bits per heavy atom. The zero-order valence-corrected chi connectivity index (χ0v) is 13.0. The highest BCUT2D eigenvalue weighted by Crippen LogP contribution is 2.25. The van der Waals surface area contributed by atoms with E-state index in [1.165, 1.54) is 0 Å². The topological polar surface area (TPSA) is 45.2 Å². The van der Waals surface area contributed by atoms with Crippen LogP contribution in [0.1, 0.15) is 22.8 Å². The maximum absolute atomic E-state index is 12.9. The van der Waals surface area contributed by atoms with Gasteiger partial charge in [0, 0.05) is 43.0 Å². The Morgan fingerprint density at radius 1 is 1.27 bits per heavy atom. The molecule has 0 saturated carbocycles. The fourth-order valence-electron chi connectivity index (χ4n) is 2.96. The fraction of sp³-hybridized carbons (Fsp3) is 0.333. The Balaban J connectivity index is 1.96. The van der Waals surface area contributed by atoms with Gasteiger partial charge in [0.25, 0.3) is 5.91 Å². The van der Waals surface area contributed by atoms with Crippen LogP contribution in [-0.4, -0.2) is 41.5 Å². The number of nitrogens with one attached hydrogen (secondary N) is 1. The number of amides is 1. The second kappa shape index (κ2) is 6.28. The molecule has 0 spiro atoms. The lowest BCUT2D eigenvalue weighted by Crippen LogP contribution is -2.52. The quantitative estimate of drug-likeness (QED) is 0.926. The van der Waals surface area contributed by atoms with Crippen molar-refractivity contribution in [3.8, 4) is 11.3 Å². The summed E-state index contributed by atoms with van der Waals surface area (Å²) in [6, 6.07) is 11.9. The Morgan fingerprint density at radius 2 is 2.14 bits per heavy atom. The van der Waals surface area contributed by atoms with Gasteiger partial charge in [-0.2, -0.15) is 0 Å². The largest absolute Gasteiger partial charge is 0.333 e. The predicted octanol–water partition coefficient (Wildman–Crippen LogP) is 2.49. The molecule has 0 unspecified atom stereocenters. The molecule has 1 aromatic carbocycles. The van der Waals surface area contributed by atoms with Crippen molar-refractivity contribution >= 4 is 5.91 Å².